The average Bonchev–Trinajstić information content (AvgIpc) is 3.19. The number of anilines is 2. The summed E-state index contributed by atoms with van der Waals surface area (Å²) >= 11 is 0. The van der Waals surface area contributed by atoms with E-state index < -0.39 is 5.82 Å². The Labute approximate surface area is 182 Å². The molecule has 2 fully saturated rings. The van der Waals surface area contributed by atoms with E-state index in [2.05, 4.69) is 9.97 Å². The first-order valence-electron chi connectivity index (χ1n) is 10.7. The van der Waals surface area contributed by atoms with Crippen LogP contribution in [0.1, 0.15) is 31.2 Å². The number of carbonyl (C=O) groups is 1. The van der Waals surface area contributed by atoms with Gasteiger partial charge in [-0.3, -0.25) is 4.79 Å². The van der Waals surface area contributed by atoms with Gasteiger partial charge in [-0.15, -0.1) is 0 Å². The van der Waals surface area contributed by atoms with Crippen LogP contribution in [0.15, 0.2) is 30.5 Å². The summed E-state index contributed by atoms with van der Waals surface area (Å²) in [6.45, 7) is 4.56. The molecule has 2 atom stereocenters. The molecule has 0 radical (unpaired) electrons. The van der Waals surface area contributed by atoms with Gasteiger partial charge in [-0.25, -0.2) is 9.37 Å². The predicted octanol–water partition coefficient (Wildman–Crippen LogP) is 3.05. The summed E-state index contributed by atoms with van der Waals surface area (Å²) in [5, 5.41) is 0. The molecular formula is C23H29FN4O3. The highest BCUT2D eigenvalue weighted by molar-refractivity contribution is 5.85. The zero-order valence-corrected chi connectivity index (χ0v) is 18.3. The van der Waals surface area contributed by atoms with Crippen LogP contribution in [-0.2, 0) is 9.53 Å². The summed E-state index contributed by atoms with van der Waals surface area (Å²) in [5.74, 6) is 1.59. The van der Waals surface area contributed by atoms with Crippen LogP contribution in [0.25, 0.3) is 0 Å². The Morgan fingerprint density at radius 3 is 2.71 bits per heavy atom. The van der Waals surface area contributed by atoms with Gasteiger partial charge in [0.05, 0.1) is 26.0 Å². The van der Waals surface area contributed by atoms with Gasteiger partial charge in [-0.1, -0.05) is 19.1 Å². The summed E-state index contributed by atoms with van der Waals surface area (Å²) in [6, 6.07) is 7.72. The molecule has 8 heteroatoms. The van der Waals surface area contributed by atoms with E-state index in [9.17, 15) is 9.18 Å². The molecule has 2 aromatic rings. The van der Waals surface area contributed by atoms with Crippen LogP contribution in [0.5, 0.6) is 5.75 Å². The molecule has 1 aromatic carbocycles. The van der Waals surface area contributed by atoms with Crippen molar-refractivity contribution in [2.45, 2.75) is 31.8 Å². The van der Waals surface area contributed by atoms with Gasteiger partial charge in [0, 0.05) is 45.3 Å². The normalized spacial score (nSPS) is 19.7. The smallest absolute Gasteiger partial charge is 0.226 e. The monoisotopic (exact) mass is 428 g/mol. The number of Topliss-reactive ketones (excluding diaryl/α,β-unsaturated/α-hetero) is 1. The lowest BCUT2D eigenvalue weighted by Gasteiger charge is -2.26. The SMILES string of the molecule is CC(C(=O)CC1COC1)c1ccc(O[C@@H]2CCN(c3nc(N(C)C)ncc3F)C2)cc1. The highest BCUT2D eigenvalue weighted by atomic mass is 19.1. The van der Waals surface area contributed by atoms with Gasteiger partial charge >= 0.3 is 0 Å². The number of ketones is 1. The molecule has 0 spiro atoms. The number of benzene rings is 1. The Balaban J connectivity index is 1.34. The van der Waals surface area contributed by atoms with Crippen LogP contribution < -0.4 is 14.5 Å². The van der Waals surface area contributed by atoms with Gasteiger partial charge in [0.2, 0.25) is 5.95 Å². The Hall–Kier alpha value is -2.74. The molecule has 0 saturated carbocycles. The minimum absolute atomic E-state index is 0.0549. The molecule has 31 heavy (non-hydrogen) atoms. The highest BCUT2D eigenvalue weighted by Crippen LogP contribution is 2.28. The molecule has 0 bridgehead atoms. The lowest BCUT2D eigenvalue weighted by atomic mass is 9.90. The van der Waals surface area contributed by atoms with Crippen LogP contribution in [0, 0.1) is 11.7 Å². The van der Waals surface area contributed by atoms with Gasteiger partial charge in [0.1, 0.15) is 17.6 Å². The first-order chi connectivity index (χ1) is 14.9. The van der Waals surface area contributed by atoms with Gasteiger partial charge in [0.15, 0.2) is 11.6 Å². The maximum absolute atomic E-state index is 14.3. The van der Waals surface area contributed by atoms with Crippen LogP contribution >= 0.6 is 0 Å². The molecule has 2 aliphatic rings. The van der Waals surface area contributed by atoms with E-state index in [0.29, 0.717) is 50.4 Å². The third-order valence-corrected chi connectivity index (χ3v) is 5.92. The van der Waals surface area contributed by atoms with Gasteiger partial charge in [-0.2, -0.15) is 4.98 Å². The molecule has 3 heterocycles. The van der Waals surface area contributed by atoms with E-state index in [1.54, 1.807) is 4.90 Å². The van der Waals surface area contributed by atoms with Crippen molar-refractivity contribution in [3.63, 3.8) is 0 Å². The first kappa shape index (κ1) is 21.5. The van der Waals surface area contributed by atoms with E-state index >= 15 is 0 Å². The van der Waals surface area contributed by atoms with E-state index in [4.69, 9.17) is 9.47 Å². The fourth-order valence-corrected chi connectivity index (χ4v) is 3.88. The predicted molar refractivity (Wildman–Crippen MR) is 116 cm³/mol. The van der Waals surface area contributed by atoms with Crippen molar-refractivity contribution in [1.29, 1.82) is 0 Å². The zero-order valence-electron chi connectivity index (χ0n) is 18.3. The Kier molecular flexibility index (Phi) is 6.36. The fraction of sp³-hybridized carbons (Fsp3) is 0.522. The summed E-state index contributed by atoms with van der Waals surface area (Å²) in [4.78, 5) is 24.4. The second-order valence-electron chi connectivity index (χ2n) is 8.58. The first-order valence-corrected chi connectivity index (χ1v) is 10.7. The average molecular weight is 429 g/mol. The molecule has 0 aliphatic carbocycles. The van der Waals surface area contributed by atoms with Crippen LogP contribution in [0.2, 0.25) is 0 Å². The quantitative estimate of drug-likeness (QED) is 0.640. The second-order valence-corrected chi connectivity index (χ2v) is 8.58. The van der Waals surface area contributed by atoms with Crippen molar-refractivity contribution in [2.75, 3.05) is 50.2 Å². The van der Waals surface area contributed by atoms with E-state index in [1.807, 2.05) is 50.2 Å². The molecule has 166 valence electrons. The van der Waals surface area contributed by atoms with Gasteiger partial charge < -0.3 is 19.3 Å². The van der Waals surface area contributed by atoms with Crippen molar-refractivity contribution in [1.82, 2.24) is 9.97 Å². The van der Waals surface area contributed by atoms with Gasteiger partial charge in [-0.05, 0) is 17.7 Å². The molecule has 2 aliphatic heterocycles. The minimum atomic E-state index is -0.428. The molecule has 1 unspecified atom stereocenters. The Morgan fingerprint density at radius 1 is 1.32 bits per heavy atom. The number of nitrogens with zero attached hydrogens (tertiary/aromatic N) is 4. The third-order valence-electron chi connectivity index (χ3n) is 5.92. The van der Waals surface area contributed by atoms with Crippen molar-refractivity contribution in [2.24, 2.45) is 5.92 Å². The number of hydrogen-bond acceptors (Lipinski definition) is 7. The maximum Gasteiger partial charge on any atom is 0.226 e. The summed E-state index contributed by atoms with van der Waals surface area (Å²) in [6.07, 6.45) is 2.51. The number of hydrogen-bond donors (Lipinski definition) is 0. The molecule has 0 N–H and O–H groups in total. The lowest BCUT2D eigenvalue weighted by Crippen LogP contribution is -2.30. The largest absolute Gasteiger partial charge is 0.489 e. The molecule has 2 saturated heterocycles. The van der Waals surface area contributed by atoms with Crippen LogP contribution in [-0.4, -0.2) is 62.3 Å². The molecule has 7 nitrogen and oxygen atoms in total. The minimum Gasteiger partial charge on any atom is -0.489 e. The van der Waals surface area contributed by atoms with Crippen molar-refractivity contribution >= 4 is 17.5 Å². The zero-order chi connectivity index (χ0) is 22.0. The molecular weight excluding hydrogens is 399 g/mol. The summed E-state index contributed by atoms with van der Waals surface area (Å²) in [5.41, 5.74) is 0.991. The third kappa shape index (κ3) is 4.95. The van der Waals surface area contributed by atoms with Crippen LogP contribution in [0.4, 0.5) is 16.2 Å². The Bertz CT molecular complexity index is 918. The standard InChI is InChI=1S/C23H29FN4O3/c1-15(21(29)10-16-13-30-14-16)17-4-6-18(7-5-17)31-19-8-9-28(12-19)22-20(24)11-25-23(26-22)27(2)3/h4-7,11,15-16,19H,8-10,12-14H2,1-3H3/t15?,19-/m1/s1. The molecule has 4 rings (SSSR count). The van der Waals surface area contributed by atoms with Crippen molar-refractivity contribution in [3.8, 4) is 5.75 Å². The summed E-state index contributed by atoms with van der Waals surface area (Å²) in [7, 11) is 3.65. The number of halogens is 1. The number of ether oxygens (including phenoxy) is 2. The maximum atomic E-state index is 14.3. The topological polar surface area (TPSA) is 67.8 Å². The van der Waals surface area contributed by atoms with E-state index in [0.717, 1.165) is 17.7 Å². The van der Waals surface area contributed by atoms with Crippen molar-refractivity contribution in [3.05, 3.63) is 41.8 Å². The number of rotatable bonds is 8. The highest BCUT2D eigenvalue weighted by Gasteiger charge is 2.28. The van der Waals surface area contributed by atoms with Crippen LogP contribution in [0.3, 0.4) is 0 Å². The van der Waals surface area contributed by atoms with E-state index in [-0.39, 0.29) is 17.8 Å². The second kappa shape index (κ2) is 9.18. The number of carbonyl (C=O) groups excluding carboxylic acids is 1. The summed E-state index contributed by atoms with van der Waals surface area (Å²) < 4.78 is 25.5. The Morgan fingerprint density at radius 2 is 2.06 bits per heavy atom. The molecule has 1 aromatic heterocycles. The molecule has 0 amide bonds. The van der Waals surface area contributed by atoms with Gasteiger partial charge in [0.25, 0.3) is 0 Å². The lowest BCUT2D eigenvalue weighted by molar-refractivity contribution is -0.125. The number of aromatic nitrogens is 2. The van der Waals surface area contributed by atoms with Crippen molar-refractivity contribution < 1.29 is 18.7 Å². The van der Waals surface area contributed by atoms with E-state index in [1.165, 1.54) is 6.20 Å². The fourth-order valence-electron chi connectivity index (χ4n) is 3.88.